The van der Waals surface area contributed by atoms with Crippen molar-refractivity contribution in [2.75, 3.05) is 26.8 Å². The zero-order chi connectivity index (χ0) is 19.7. The molecular formula is C20H22N4O4. The van der Waals surface area contributed by atoms with Crippen molar-refractivity contribution in [3.63, 3.8) is 0 Å². The van der Waals surface area contributed by atoms with Crippen LogP contribution in [-0.2, 0) is 4.74 Å². The number of hydrogen-bond acceptors (Lipinski definition) is 7. The number of amides is 1. The van der Waals surface area contributed by atoms with E-state index in [1.54, 1.807) is 25.9 Å². The summed E-state index contributed by atoms with van der Waals surface area (Å²) in [5.74, 6) is 1.41. The Bertz CT molecular complexity index is 946. The average Bonchev–Trinajstić information content (AvgIpc) is 3.41. The minimum atomic E-state index is -0.0948. The number of aryl methyl sites for hydroxylation is 2. The molecule has 8 heteroatoms. The Labute approximate surface area is 162 Å². The van der Waals surface area contributed by atoms with Gasteiger partial charge >= 0.3 is 0 Å². The highest BCUT2D eigenvalue weighted by Crippen LogP contribution is 2.34. The number of methoxy groups -OCH3 is 1. The lowest BCUT2D eigenvalue weighted by Crippen LogP contribution is -2.30. The molecule has 1 aromatic carbocycles. The Kier molecular flexibility index (Phi) is 4.95. The van der Waals surface area contributed by atoms with Crippen LogP contribution in [0.25, 0.3) is 11.5 Å². The first kappa shape index (κ1) is 18.4. The van der Waals surface area contributed by atoms with Crippen molar-refractivity contribution < 1.29 is 18.5 Å². The molecule has 3 heterocycles. The second kappa shape index (κ2) is 7.55. The predicted molar refractivity (Wildman–Crippen MR) is 99.7 cm³/mol. The number of hydrogen-bond donors (Lipinski definition) is 0. The van der Waals surface area contributed by atoms with Crippen molar-refractivity contribution in [1.82, 2.24) is 20.3 Å². The summed E-state index contributed by atoms with van der Waals surface area (Å²) in [5.41, 5.74) is 1.98. The molecule has 4 rings (SSSR count). The van der Waals surface area contributed by atoms with Gasteiger partial charge in [0, 0.05) is 31.7 Å². The number of likely N-dealkylation sites (tertiary alicyclic amines) is 1. The van der Waals surface area contributed by atoms with Crippen molar-refractivity contribution in [3.8, 4) is 11.5 Å². The Morgan fingerprint density at radius 3 is 2.68 bits per heavy atom. The summed E-state index contributed by atoms with van der Waals surface area (Å²) >= 11 is 0. The van der Waals surface area contributed by atoms with Gasteiger partial charge in [0.2, 0.25) is 11.8 Å². The Morgan fingerprint density at radius 1 is 1.21 bits per heavy atom. The van der Waals surface area contributed by atoms with Gasteiger partial charge < -0.3 is 18.6 Å². The van der Waals surface area contributed by atoms with Crippen LogP contribution in [0.1, 0.15) is 33.6 Å². The smallest absolute Gasteiger partial charge is 0.259 e. The first-order valence-electron chi connectivity index (χ1n) is 9.18. The molecule has 1 saturated heterocycles. The zero-order valence-electron chi connectivity index (χ0n) is 16.1. The van der Waals surface area contributed by atoms with Crippen LogP contribution in [0.2, 0.25) is 0 Å². The Balaban J connectivity index is 1.58. The maximum absolute atomic E-state index is 13.0. The van der Waals surface area contributed by atoms with Crippen molar-refractivity contribution in [3.05, 3.63) is 53.2 Å². The molecule has 146 valence electrons. The largest absolute Gasteiger partial charge is 0.420 e. The van der Waals surface area contributed by atoms with Gasteiger partial charge in [-0.15, -0.1) is 10.2 Å². The van der Waals surface area contributed by atoms with E-state index >= 15 is 0 Å². The van der Waals surface area contributed by atoms with E-state index in [9.17, 15) is 4.79 Å². The number of benzene rings is 1. The fourth-order valence-electron chi connectivity index (χ4n) is 3.73. The molecular weight excluding hydrogens is 360 g/mol. The molecule has 2 aromatic heterocycles. The number of ether oxygens (including phenoxy) is 1. The van der Waals surface area contributed by atoms with Crippen LogP contribution in [0.5, 0.6) is 0 Å². The molecule has 0 bridgehead atoms. The van der Waals surface area contributed by atoms with Gasteiger partial charge in [-0.05, 0) is 26.0 Å². The fourth-order valence-corrected chi connectivity index (χ4v) is 3.73. The van der Waals surface area contributed by atoms with Gasteiger partial charge in [0.05, 0.1) is 18.2 Å². The van der Waals surface area contributed by atoms with Crippen LogP contribution in [0, 0.1) is 19.8 Å². The third kappa shape index (κ3) is 3.31. The molecule has 1 fully saturated rings. The lowest BCUT2D eigenvalue weighted by atomic mass is 9.97. The monoisotopic (exact) mass is 382 g/mol. The molecule has 0 aliphatic carbocycles. The molecule has 0 unspecified atom stereocenters. The summed E-state index contributed by atoms with van der Waals surface area (Å²) in [6.45, 7) is 5.04. The van der Waals surface area contributed by atoms with Gasteiger partial charge in [-0.1, -0.05) is 23.4 Å². The Hall–Kier alpha value is -3.00. The molecule has 1 aliphatic rings. The molecule has 2 atom stereocenters. The van der Waals surface area contributed by atoms with Crippen molar-refractivity contribution in [2.24, 2.45) is 5.92 Å². The number of aromatic nitrogens is 3. The normalized spacial score (nSPS) is 19.3. The summed E-state index contributed by atoms with van der Waals surface area (Å²) in [7, 11) is 1.65. The molecule has 8 nitrogen and oxygen atoms in total. The van der Waals surface area contributed by atoms with E-state index in [1.807, 2.05) is 30.3 Å². The topological polar surface area (TPSA) is 94.5 Å². The standard InChI is InChI=1S/C20H22N4O4/c1-12-17(13(2)28-23-12)20(25)24-9-15(11-26-3)16(10-24)19-22-21-18(27-19)14-7-5-4-6-8-14/h4-8,15-16H,9-11H2,1-3H3/t15-,16+/m0/s1. The van der Waals surface area contributed by atoms with Crippen LogP contribution in [0.15, 0.2) is 39.3 Å². The van der Waals surface area contributed by atoms with E-state index < -0.39 is 0 Å². The third-order valence-corrected chi connectivity index (χ3v) is 5.13. The summed E-state index contributed by atoms with van der Waals surface area (Å²) in [4.78, 5) is 14.8. The van der Waals surface area contributed by atoms with Crippen molar-refractivity contribution in [1.29, 1.82) is 0 Å². The number of carbonyl (C=O) groups excluding carboxylic acids is 1. The van der Waals surface area contributed by atoms with Crippen LogP contribution < -0.4 is 0 Å². The summed E-state index contributed by atoms with van der Waals surface area (Å²) in [6.07, 6.45) is 0. The molecule has 1 amide bonds. The van der Waals surface area contributed by atoms with Crippen LogP contribution >= 0.6 is 0 Å². The number of nitrogens with zero attached hydrogens (tertiary/aromatic N) is 4. The van der Waals surface area contributed by atoms with Gasteiger partial charge in [-0.25, -0.2) is 0 Å². The molecule has 0 saturated carbocycles. The highest BCUT2D eigenvalue weighted by Gasteiger charge is 2.40. The number of rotatable bonds is 5. The second-order valence-electron chi connectivity index (χ2n) is 7.04. The first-order valence-corrected chi connectivity index (χ1v) is 9.18. The van der Waals surface area contributed by atoms with Crippen molar-refractivity contribution in [2.45, 2.75) is 19.8 Å². The highest BCUT2D eigenvalue weighted by molar-refractivity contribution is 5.96. The Morgan fingerprint density at radius 2 is 2.00 bits per heavy atom. The molecule has 1 aliphatic heterocycles. The SMILES string of the molecule is COC[C@@H]1CN(C(=O)c2c(C)noc2C)C[C@H]1c1nnc(-c2ccccc2)o1. The minimum Gasteiger partial charge on any atom is -0.420 e. The van der Waals surface area contributed by atoms with Gasteiger partial charge in [-0.3, -0.25) is 4.79 Å². The highest BCUT2D eigenvalue weighted by atomic mass is 16.5. The maximum atomic E-state index is 13.0. The predicted octanol–water partition coefficient (Wildman–Crippen LogP) is 2.84. The molecule has 0 N–H and O–H groups in total. The lowest BCUT2D eigenvalue weighted by Gasteiger charge is -2.15. The minimum absolute atomic E-state index is 0.0681. The molecule has 3 aromatic rings. The fraction of sp³-hybridized carbons (Fsp3) is 0.400. The van der Waals surface area contributed by atoms with Crippen LogP contribution in [0.3, 0.4) is 0 Å². The van der Waals surface area contributed by atoms with Gasteiger partial charge in [-0.2, -0.15) is 0 Å². The molecule has 0 radical (unpaired) electrons. The van der Waals surface area contributed by atoms with E-state index in [0.29, 0.717) is 48.5 Å². The van der Waals surface area contributed by atoms with Crippen molar-refractivity contribution >= 4 is 5.91 Å². The van der Waals surface area contributed by atoms with Gasteiger partial charge in [0.15, 0.2) is 0 Å². The van der Waals surface area contributed by atoms with Crippen LogP contribution in [-0.4, -0.2) is 53.0 Å². The summed E-state index contributed by atoms with van der Waals surface area (Å²) < 4.78 is 16.5. The van der Waals surface area contributed by atoms with E-state index in [0.717, 1.165) is 5.56 Å². The van der Waals surface area contributed by atoms with Gasteiger partial charge in [0.1, 0.15) is 11.3 Å². The maximum Gasteiger partial charge on any atom is 0.259 e. The second-order valence-corrected chi connectivity index (χ2v) is 7.04. The van der Waals surface area contributed by atoms with E-state index in [-0.39, 0.29) is 17.7 Å². The average molecular weight is 382 g/mol. The van der Waals surface area contributed by atoms with Gasteiger partial charge in [0.25, 0.3) is 5.91 Å². The molecule has 0 spiro atoms. The third-order valence-electron chi connectivity index (χ3n) is 5.13. The summed E-state index contributed by atoms with van der Waals surface area (Å²) in [5, 5.41) is 12.3. The van der Waals surface area contributed by atoms with E-state index in [2.05, 4.69) is 15.4 Å². The summed E-state index contributed by atoms with van der Waals surface area (Å²) in [6, 6.07) is 9.63. The number of carbonyl (C=O) groups is 1. The van der Waals surface area contributed by atoms with E-state index in [1.165, 1.54) is 0 Å². The molecule has 28 heavy (non-hydrogen) atoms. The lowest BCUT2D eigenvalue weighted by molar-refractivity contribution is 0.0773. The zero-order valence-corrected chi connectivity index (χ0v) is 16.1. The first-order chi connectivity index (χ1) is 13.6. The van der Waals surface area contributed by atoms with Crippen LogP contribution in [0.4, 0.5) is 0 Å². The van der Waals surface area contributed by atoms with E-state index in [4.69, 9.17) is 13.7 Å². The quantitative estimate of drug-likeness (QED) is 0.669.